The van der Waals surface area contributed by atoms with Crippen LogP contribution < -0.4 is 4.90 Å². The second-order valence-electron chi connectivity index (χ2n) is 6.84. The van der Waals surface area contributed by atoms with E-state index in [1.807, 2.05) is 31.2 Å². The highest BCUT2D eigenvalue weighted by atomic mass is 35.5. The highest BCUT2D eigenvalue weighted by Crippen LogP contribution is 2.33. The number of carbonyl (C=O) groups is 2. The topological polar surface area (TPSA) is 43.9 Å². The molecule has 2 aliphatic heterocycles. The minimum absolute atomic E-state index is 0.194. The summed E-state index contributed by atoms with van der Waals surface area (Å²) in [5, 5.41) is 0.415. The average molecular weight is 370 g/mol. The summed E-state index contributed by atoms with van der Waals surface area (Å²) in [6.07, 6.45) is 0. The number of amides is 3. The first kappa shape index (κ1) is 17.1. The third kappa shape index (κ3) is 2.97. The summed E-state index contributed by atoms with van der Waals surface area (Å²) < 4.78 is 0. The Bertz CT molecular complexity index is 855. The Labute approximate surface area is 157 Å². The van der Waals surface area contributed by atoms with Crippen molar-refractivity contribution < 1.29 is 9.59 Å². The van der Waals surface area contributed by atoms with Gasteiger partial charge >= 0.3 is 6.03 Å². The molecule has 0 bridgehead atoms. The number of hydrogen-bond donors (Lipinski definition) is 0. The number of piperazine rings is 1. The number of rotatable bonds is 3. The molecule has 0 N–H and O–H groups in total. The Morgan fingerprint density at radius 3 is 2.62 bits per heavy atom. The molecule has 0 aromatic heterocycles. The van der Waals surface area contributed by atoms with Crippen molar-refractivity contribution in [2.24, 2.45) is 0 Å². The fourth-order valence-electron chi connectivity index (χ4n) is 3.65. The van der Waals surface area contributed by atoms with E-state index >= 15 is 0 Å². The summed E-state index contributed by atoms with van der Waals surface area (Å²) in [6.45, 7) is 4.53. The highest BCUT2D eigenvalue weighted by molar-refractivity contribution is 6.36. The number of aryl methyl sites for hydroxylation is 1. The molecular weight excluding hydrogens is 350 g/mol. The van der Waals surface area contributed by atoms with Crippen LogP contribution in [0, 0.1) is 6.92 Å². The normalized spacial score (nSPS) is 20.6. The van der Waals surface area contributed by atoms with Gasteiger partial charge < -0.3 is 4.90 Å². The Balaban J connectivity index is 1.56. The number of benzene rings is 2. The van der Waals surface area contributed by atoms with Gasteiger partial charge in [-0.3, -0.25) is 9.69 Å². The quantitative estimate of drug-likeness (QED) is 0.780. The highest BCUT2D eigenvalue weighted by Gasteiger charge is 2.48. The maximum Gasteiger partial charge on any atom is 0.332 e. The Morgan fingerprint density at radius 2 is 1.85 bits per heavy atom. The number of hydrogen-bond acceptors (Lipinski definition) is 3. The lowest BCUT2D eigenvalue weighted by Crippen LogP contribution is -2.52. The number of anilines is 1. The fraction of sp³-hybridized carbons (Fsp3) is 0.300. The van der Waals surface area contributed by atoms with Gasteiger partial charge in [0.1, 0.15) is 6.04 Å². The molecule has 3 amide bonds. The SMILES string of the molecule is Cc1ccc(Cl)c(N2C(=O)C3CN(Cc4ccccc4)CCN3C2=O)c1. The van der Waals surface area contributed by atoms with Gasteiger partial charge in [0, 0.05) is 26.2 Å². The smallest absolute Gasteiger partial charge is 0.309 e. The van der Waals surface area contributed by atoms with Crippen molar-refractivity contribution in [2.45, 2.75) is 19.5 Å². The van der Waals surface area contributed by atoms with Gasteiger partial charge in [0.05, 0.1) is 10.7 Å². The first-order chi connectivity index (χ1) is 12.5. The zero-order valence-electron chi connectivity index (χ0n) is 14.6. The maximum absolute atomic E-state index is 13.0. The molecule has 0 spiro atoms. The van der Waals surface area contributed by atoms with E-state index in [-0.39, 0.29) is 11.9 Å². The first-order valence-electron chi connectivity index (χ1n) is 8.71. The van der Waals surface area contributed by atoms with Crippen LogP contribution >= 0.6 is 11.6 Å². The Morgan fingerprint density at radius 1 is 1.08 bits per heavy atom. The molecule has 5 nitrogen and oxygen atoms in total. The van der Waals surface area contributed by atoms with Crippen LogP contribution in [0.15, 0.2) is 48.5 Å². The lowest BCUT2D eigenvalue weighted by molar-refractivity contribution is -0.121. The number of imide groups is 1. The van der Waals surface area contributed by atoms with Gasteiger partial charge in [-0.05, 0) is 30.2 Å². The van der Waals surface area contributed by atoms with Crippen molar-refractivity contribution >= 4 is 29.2 Å². The fourth-order valence-corrected chi connectivity index (χ4v) is 3.85. The van der Waals surface area contributed by atoms with Crippen LogP contribution in [0.25, 0.3) is 0 Å². The molecule has 2 aromatic rings. The van der Waals surface area contributed by atoms with Gasteiger partial charge in [-0.1, -0.05) is 48.0 Å². The monoisotopic (exact) mass is 369 g/mol. The van der Waals surface area contributed by atoms with Gasteiger partial charge in [0.15, 0.2) is 0 Å². The second kappa shape index (κ2) is 6.74. The molecule has 0 radical (unpaired) electrons. The molecule has 0 aliphatic carbocycles. The minimum atomic E-state index is -0.448. The summed E-state index contributed by atoms with van der Waals surface area (Å²) in [7, 11) is 0. The summed E-state index contributed by atoms with van der Waals surface area (Å²) in [5.41, 5.74) is 2.64. The molecule has 2 aromatic carbocycles. The Kier molecular flexibility index (Phi) is 4.42. The van der Waals surface area contributed by atoms with Crippen molar-refractivity contribution in [3.8, 4) is 0 Å². The van der Waals surface area contributed by atoms with Crippen LogP contribution in [0.3, 0.4) is 0 Å². The van der Waals surface area contributed by atoms with Gasteiger partial charge in [0.25, 0.3) is 5.91 Å². The number of carbonyl (C=O) groups excluding carboxylic acids is 2. The third-order valence-electron chi connectivity index (χ3n) is 5.00. The molecule has 134 valence electrons. The predicted molar refractivity (Wildman–Crippen MR) is 101 cm³/mol. The molecule has 4 rings (SSSR count). The largest absolute Gasteiger partial charge is 0.332 e. The van der Waals surface area contributed by atoms with Crippen molar-refractivity contribution in [1.29, 1.82) is 0 Å². The van der Waals surface area contributed by atoms with Gasteiger partial charge in [-0.2, -0.15) is 0 Å². The molecule has 2 saturated heterocycles. The minimum Gasteiger partial charge on any atom is -0.309 e. The van der Waals surface area contributed by atoms with E-state index in [0.717, 1.165) is 18.7 Å². The van der Waals surface area contributed by atoms with Gasteiger partial charge in [-0.25, -0.2) is 9.69 Å². The standard InChI is InChI=1S/C20H20ClN3O2/c1-14-7-8-16(21)17(11-14)24-19(25)18-13-22(9-10-23(18)20(24)26)12-15-5-3-2-4-6-15/h2-8,11,18H,9-10,12-13H2,1H3. The average Bonchev–Trinajstić information content (AvgIpc) is 2.89. The van der Waals surface area contributed by atoms with Crippen LogP contribution in [-0.4, -0.2) is 47.4 Å². The molecule has 2 aliphatic rings. The first-order valence-corrected chi connectivity index (χ1v) is 9.09. The number of nitrogens with zero attached hydrogens (tertiary/aromatic N) is 3. The van der Waals surface area contributed by atoms with E-state index in [1.54, 1.807) is 17.0 Å². The van der Waals surface area contributed by atoms with Crippen LogP contribution in [0.2, 0.25) is 5.02 Å². The lowest BCUT2D eigenvalue weighted by atomic mass is 10.1. The summed E-state index contributed by atoms with van der Waals surface area (Å²) in [6, 6.07) is 14.8. The van der Waals surface area contributed by atoms with E-state index in [2.05, 4.69) is 17.0 Å². The van der Waals surface area contributed by atoms with E-state index < -0.39 is 6.04 Å². The molecule has 2 fully saturated rings. The predicted octanol–water partition coefficient (Wildman–Crippen LogP) is 3.30. The molecule has 2 heterocycles. The molecule has 1 unspecified atom stereocenters. The van der Waals surface area contributed by atoms with Crippen molar-refractivity contribution in [1.82, 2.24) is 9.80 Å². The molecule has 0 saturated carbocycles. The molecule has 6 heteroatoms. The van der Waals surface area contributed by atoms with Crippen LogP contribution in [0.4, 0.5) is 10.5 Å². The maximum atomic E-state index is 13.0. The van der Waals surface area contributed by atoms with Gasteiger partial charge in [-0.15, -0.1) is 0 Å². The number of urea groups is 1. The Hall–Kier alpha value is -2.37. The van der Waals surface area contributed by atoms with Crippen LogP contribution in [0.5, 0.6) is 0 Å². The zero-order chi connectivity index (χ0) is 18.3. The number of fused-ring (bicyclic) bond motifs is 1. The lowest BCUT2D eigenvalue weighted by Gasteiger charge is -2.35. The van der Waals surface area contributed by atoms with E-state index in [1.165, 1.54) is 10.5 Å². The van der Waals surface area contributed by atoms with Crippen LogP contribution in [0.1, 0.15) is 11.1 Å². The molecular formula is C20H20ClN3O2. The van der Waals surface area contributed by atoms with Crippen LogP contribution in [-0.2, 0) is 11.3 Å². The van der Waals surface area contributed by atoms with E-state index in [0.29, 0.717) is 23.8 Å². The van der Waals surface area contributed by atoms with Crippen molar-refractivity contribution in [2.75, 3.05) is 24.5 Å². The zero-order valence-corrected chi connectivity index (χ0v) is 15.3. The van der Waals surface area contributed by atoms with Crippen molar-refractivity contribution in [3.05, 3.63) is 64.7 Å². The number of halogens is 1. The summed E-state index contributed by atoms with van der Waals surface area (Å²) in [5.74, 6) is -0.194. The molecule has 1 atom stereocenters. The second-order valence-corrected chi connectivity index (χ2v) is 7.25. The van der Waals surface area contributed by atoms with Crippen molar-refractivity contribution in [3.63, 3.8) is 0 Å². The molecule has 26 heavy (non-hydrogen) atoms. The van der Waals surface area contributed by atoms with E-state index in [4.69, 9.17) is 11.6 Å². The summed E-state index contributed by atoms with van der Waals surface area (Å²) >= 11 is 6.27. The third-order valence-corrected chi connectivity index (χ3v) is 5.32. The summed E-state index contributed by atoms with van der Waals surface area (Å²) in [4.78, 5) is 31.0. The van der Waals surface area contributed by atoms with Gasteiger partial charge in [0.2, 0.25) is 0 Å². The van der Waals surface area contributed by atoms with E-state index in [9.17, 15) is 9.59 Å².